The fourth-order valence-electron chi connectivity index (χ4n) is 3.23. The number of nitrogens with one attached hydrogen (secondary N) is 2. The number of hydrogen-bond donors (Lipinski definition) is 2. The molecule has 6 nitrogen and oxygen atoms in total. The number of carbonyl (C=O) groups is 1. The zero-order valence-electron chi connectivity index (χ0n) is 15.1. The standard InChI is InChI=1S/C20H25N5O/c1-21-20(24-12-11-23-19(26)17-8-5-10-22-14-17)25-13-9-18(15-25)16-6-3-2-4-7-16/h2-8,10,14,18H,9,11-13,15H2,1H3,(H,21,24)(H,23,26). The second kappa shape index (κ2) is 8.99. The number of pyridine rings is 1. The minimum Gasteiger partial charge on any atom is -0.354 e. The van der Waals surface area contributed by atoms with Gasteiger partial charge in [0.15, 0.2) is 5.96 Å². The van der Waals surface area contributed by atoms with E-state index in [0.717, 1.165) is 25.5 Å². The summed E-state index contributed by atoms with van der Waals surface area (Å²) in [5.74, 6) is 1.32. The SMILES string of the molecule is CN=C(NCCNC(=O)c1cccnc1)N1CCC(c2ccccc2)C1. The van der Waals surface area contributed by atoms with Gasteiger partial charge in [-0.2, -0.15) is 0 Å². The maximum absolute atomic E-state index is 12.0. The smallest absolute Gasteiger partial charge is 0.252 e. The molecule has 2 N–H and O–H groups in total. The van der Waals surface area contributed by atoms with E-state index in [4.69, 9.17) is 0 Å². The Hall–Kier alpha value is -2.89. The zero-order chi connectivity index (χ0) is 18.2. The molecule has 3 rings (SSSR count). The molecular formula is C20H25N5O. The third kappa shape index (κ3) is 4.59. The molecule has 26 heavy (non-hydrogen) atoms. The van der Waals surface area contributed by atoms with Crippen molar-refractivity contribution in [3.63, 3.8) is 0 Å². The van der Waals surface area contributed by atoms with Crippen LogP contribution in [0.3, 0.4) is 0 Å². The largest absolute Gasteiger partial charge is 0.354 e. The molecule has 1 amide bonds. The van der Waals surface area contributed by atoms with Gasteiger partial charge in [-0.3, -0.25) is 14.8 Å². The highest BCUT2D eigenvalue weighted by Gasteiger charge is 2.25. The number of guanidine groups is 1. The van der Waals surface area contributed by atoms with Crippen LogP contribution in [0.5, 0.6) is 0 Å². The van der Waals surface area contributed by atoms with Gasteiger partial charge in [-0.25, -0.2) is 0 Å². The molecule has 0 aliphatic carbocycles. The van der Waals surface area contributed by atoms with E-state index in [2.05, 4.69) is 55.8 Å². The molecule has 1 atom stereocenters. The maximum atomic E-state index is 12.0. The van der Waals surface area contributed by atoms with Crippen LogP contribution in [-0.4, -0.2) is 55.0 Å². The highest BCUT2D eigenvalue weighted by Crippen LogP contribution is 2.26. The molecule has 1 unspecified atom stereocenters. The number of aromatic nitrogens is 1. The molecule has 0 radical (unpaired) electrons. The molecule has 1 aromatic heterocycles. The highest BCUT2D eigenvalue weighted by atomic mass is 16.1. The zero-order valence-corrected chi connectivity index (χ0v) is 15.1. The lowest BCUT2D eigenvalue weighted by atomic mass is 9.99. The van der Waals surface area contributed by atoms with E-state index in [-0.39, 0.29) is 5.91 Å². The van der Waals surface area contributed by atoms with Gasteiger partial charge >= 0.3 is 0 Å². The van der Waals surface area contributed by atoms with E-state index >= 15 is 0 Å². The predicted molar refractivity (Wildman–Crippen MR) is 103 cm³/mol. The fourth-order valence-corrected chi connectivity index (χ4v) is 3.23. The molecule has 2 aromatic rings. The molecular weight excluding hydrogens is 326 g/mol. The minimum absolute atomic E-state index is 0.111. The average molecular weight is 351 g/mol. The first-order valence-corrected chi connectivity index (χ1v) is 8.96. The lowest BCUT2D eigenvalue weighted by Gasteiger charge is -2.22. The number of amides is 1. The summed E-state index contributed by atoms with van der Waals surface area (Å²) in [5, 5.41) is 6.22. The molecule has 1 aliphatic rings. The van der Waals surface area contributed by atoms with E-state index in [1.807, 2.05) is 0 Å². The van der Waals surface area contributed by atoms with Crippen LogP contribution in [0, 0.1) is 0 Å². The van der Waals surface area contributed by atoms with Gasteiger partial charge in [0.25, 0.3) is 5.91 Å². The molecule has 0 bridgehead atoms. The fraction of sp³-hybridized carbons (Fsp3) is 0.350. The normalized spacial score (nSPS) is 17.2. The highest BCUT2D eigenvalue weighted by molar-refractivity contribution is 5.93. The Morgan fingerprint density at radius 2 is 2.00 bits per heavy atom. The molecule has 6 heteroatoms. The number of carbonyl (C=O) groups excluding carboxylic acids is 1. The predicted octanol–water partition coefficient (Wildman–Crippen LogP) is 1.88. The number of aliphatic imine (C=N–C) groups is 1. The first kappa shape index (κ1) is 17.9. The third-order valence-corrected chi connectivity index (χ3v) is 4.59. The van der Waals surface area contributed by atoms with Gasteiger partial charge in [0.2, 0.25) is 0 Å². The van der Waals surface area contributed by atoms with Crippen molar-refractivity contribution in [3.8, 4) is 0 Å². The molecule has 1 fully saturated rings. The quantitative estimate of drug-likeness (QED) is 0.490. The lowest BCUT2D eigenvalue weighted by molar-refractivity contribution is 0.0954. The van der Waals surface area contributed by atoms with Gasteiger partial charge in [-0.15, -0.1) is 0 Å². The van der Waals surface area contributed by atoms with Crippen LogP contribution in [0.4, 0.5) is 0 Å². The summed E-state index contributed by atoms with van der Waals surface area (Å²) >= 11 is 0. The summed E-state index contributed by atoms with van der Waals surface area (Å²) in [7, 11) is 1.80. The van der Waals surface area contributed by atoms with Crippen molar-refractivity contribution in [2.45, 2.75) is 12.3 Å². The summed E-state index contributed by atoms with van der Waals surface area (Å²) in [6.45, 7) is 3.11. The van der Waals surface area contributed by atoms with Crippen molar-refractivity contribution in [1.82, 2.24) is 20.5 Å². The van der Waals surface area contributed by atoms with Crippen LogP contribution in [0.1, 0.15) is 28.3 Å². The van der Waals surface area contributed by atoms with Crippen molar-refractivity contribution in [3.05, 3.63) is 66.0 Å². The molecule has 136 valence electrons. The number of benzene rings is 1. The first-order valence-electron chi connectivity index (χ1n) is 8.96. The second-order valence-corrected chi connectivity index (χ2v) is 6.31. The van der Waals surface area contributed by atoms with E-state index in [9.17, 15) is 4.79 Å². The van der Waals surface area contributed by atoms with Crippen molar-refractivity contribution in [1.29, 1.82) is 0 Å². The van der Waals surface area contributed by atoms with Gasteiger partial charge in [0.05, 0.1) is 5.56 Å². The van der Waals surface area contributed by atoms with Crippen molar-refractivity contribution >= 4 is 11.9 Å². The van der Waals surface area contributed by atoms with Gasteiger partial charge < -0.3 is 15.5 Å². The number of rotatable bonds is 5. The van der Waals surface area contributed by atoms with Crippen LogP contribution in [0.2, 0.25) is 0 Å². The van der Waals surface area contributed by atoms with Gasteiger partial charge in [0, 0.05) is 51.5 Å². The monoisotopic (exact) mass is 351 g/mol. The van der Waals surface area contributed by atoms with Crippen LogP contribution < -0.4 is 10.6 Å². The van der Waals surface area contributed by atoms with E-state index in [0.29, 0.717) is 24.6 Å². The topological polar surface area (TPSA) is 69.6 Å². The first-order chi connectivity index (χ1) is 12.8. The van der Waals surface area contributed by atoms with Crippen LogP contribution in [0.25, 0.3) is 0 Å². The summed E-state index contributed by atoms with van der Waals surface area (Å²) in [6, 6.07) is 14.1. The summed E-state index contributed by atoms with van der Waals surface area (Å²) in [4.78, 5) is 22.6. The molecule has 2 heterocycles. The second-order valence-electron chi connectivity index (χ2n) is 6.31. The Kier molecular flexibility index (Phi) is 6.19. The Morgan fingerprint density at radius 1 is 1.19 bits per heavy atom. The van der Waals surface area contributed by atoms with E-state index in [1.54, 1.807) is 31.6 Å². The Labute approximate surface area is 154 Å². The number of likely N-dealkylation sites (tertiary alicyclic amines) is 1. The third-order valence-electron chi connectivity index (χ3n) is 4.59. The molecule has 0 saturated carbocycles. The van der Waals surface area contributed by atoms with Crippen molar-refractivity contribution in [2.75, 3.05) is 33.2 Å². The number of nitrogens with zero attached hydrogens (tertiary/aromatic N) is 3. The van der Waals surface area contributed by atoms with Crippen molar-refractivity contribution < 1.29 is 4.79 Å². The summed E-state index contributed by atoms with van der Waals surface area (Å²) < 4.78 is 0. The summed E-state index contributed by atoms with van der Waals surface area (Å²) in [5.41, 5.74) is 1.95. The Morgan fingerprint density at radius 3 is 2.73 bits per heavy atom. The van der Waals surface area contributed by atoms with Crippen molar-refractivity contribution in [2.24, 2.45) is 4.99 Å². The Bertz CT molecular complexity index is 732. The molecule has 1 aromatic carbocycles. The molecule has 1 saturated heterocycles. The minimum atomic E-state index is -0.111. The summed E-state index contributed by atoms with van der Waals surface area (Å²) in [6.07, 6.45) is 4.35. The maximum Gasteiger partial charge on any atom is 0.252 e. The van der Waals surface area contributed by atoms with Crippen LogP contribution in [0.15, 0.2) is 59.9 Å². The number of hydrogen-bond acceptors (Lipinski definition) is 3. The lowest BCUT2D eigenvalue weighted by Crippen LogP contribution is -2.43. The van der Waals surface area contributed by atoms with Gasteiger partial charge in [-0.1, -0.05) is 30.3 Å². The van der Waals surface area contributed by atoms with Gasteiger partial charge in [-0.05, 0) is 24.1 Å². The Balaban J connectivity index is 1.43. The van der Waals surface area contributed by atoms with E-state index in [1.165, 1.54) is 5.56 Å². The molecule has 1 aliphatic heterocycles. The van der Waals surface area contributed by atoms with Crippen LogP contribution in [-0.2, 0) is 0 Å². The average Bonchev–Trinajstić information content (AvgIpc) is 3.19. The molecule has 0 spiro atoms. The van der Waals surface area contributed by atoms with Crippen LogP contribution >= 0.6 is 0 Å². The van der Waals surface area contributed by atoms with Gasteiger partial charge in [0.1, 0.15) is 0 Å². The van der Waals surface area contributed by atoms with E-state index < -0.39 is 0 Å².